The molecule has 0 rings (SSSR count). The number of allylic oxidation sites excluding steroid dienone is 2. The molecule has 3 heteroatoms. The molecule has 3 nitrogen and oxygen atoms in total. The summed E-state index contributed by atoms with van der Waals surface area (Å²) in [6.07, 6.45) is 5.48. The summed E-state index contributed by atoms with van der Waals surface area (Å²) >= 11 is 0. The molecule has 0 unspecified atom stereocenters. The number of aliphatic hydroxyl groups is 1. The number of aliphatic hydroxyl groups excluding tert-OH is 1. The summed E-state index contributed by atoms with van der Waals surface area (Å²) in [5.41, 5.74) is 0.190. The molecule has 0 aromatic rings. The first-order chi connectivity index (χ1) is 5.68. The maximum absolute atomic E-state index is 10.2. The van der Waals surface area contributed by atoms with Crippen molar-refractivity contribution in [3.63, 3.8) is 0 Å². The molecule has 0 bridgehead atoms. The number of unbranched alkanes of at least 4 members (excludes halogenated alkanes) is 1. The lowest BCUT2D eigenvalue weighted by atomic mass is 10.2. The zero-order chi connectivity index (χ0) is 9.40. The largest absolute Gasteiger partial charge is 0.478 e. The SMILES string of the molecule is C=C(CC=CCCCO)C(=O)O. The third-order valence-corrected chi connectivity index (χ3v) is 1.36. The Hall–Kier alpha value is -1.09. The molecule has 0 saturated heterocycles. The lowest BCUT2D eigenvalue weighted by Crippen LogP contribution is -1.96. The lowest BCUT2D eigenvalue weighted by Gasteiger charge is -1.92. The van der Waals surface area contributed by atoms with Crippen LogP contribution in [0.2, 0.25) is 0 Å². The first kappa shape index (κ1) is 10.9. The number of hydrogen-bond donors (Lipinski definition) is 2. The molecule has 68 valence electrons. The molecule has 0 radical (unpaired) electrons. The van der Waals surface area contributed by atoms with Crippen molar-refractivity contribution < 1.29 is 15.0 Å². The van der Waals surface area contributed by atoms with Gasteiger partial charge >= 0.3 is 5.97 Å². The quantitative estimate of drug-likeness (QED) is 0.359. The average Bonchev–Trinajstić information content (AvgIpc) is 2.03. The molecule has 12 heavy (non-hydrogen) atoms. The molecular formula is C9H14O3. The highest BCUT2D eigenvalue weighted by Gasteiger charge is 1.98. The van der Waals surface area contributed by atoms with Gasteiger partial charge in [-0.2, -0.15) is 0 Å². The zero-order valence-electron chi connectivity index (χ0n) is 6.99. The van der Waals surface area contributed by atoms with Gasteiger partial charge in [-0.25, -0.2) is 4.79 Å². The zero-order valence-corrected chi connectivity index (χ0v) is 6.99. The van der Waals surface area contributed by atoms with Gasteiger partial charge in [-0.1, -0.05) is 18.7 Å². The molecule has 0 atom stereocenters. The standard InChI is InChI=1S/C9H14O3/c1-8(9(11)12)6-4-2-3-5-7-10/h2,4,10H,1,3,5-7H2,(H,11,12). The van der Waals surface area contributed by atoms with Crippen LogP contribution in [0.4, 0.5) is 0 Å². The minimum absolute atomic E-state index is 0.171. The highest BCUT2D eigenvalue weighted by atomic mass is 16.4. The van der Waals surface area contributed by atoms with Gasteiger partial charge in [0.05, 0.1) is 0 Å². The van der Waals surface area contributed by atoms with Crippen LogP contribution in [-0.2, 0) is 4.79 Å². The molecular weight excluding hydrogens is 156 g/mol. The molecule has 0 aliphatic carbocycles. The van der Waals surface area contributed by atoms with E-state index in [-0.39, 0.29) is 12.2 Å². The predicted octanol–water partition coefficient (Wildman–Crippen LogP) is 1.35. The van der Waals surface area contributed by atoms with E-state index < -0.39 is 5.97 Å². The monoisotopic (exact) mass is 170 g/mol. The number of carboxylic acid groups (broad SMARTS) is 1. The second-order valence-electron chi connectivity index (χ2n) is 2.45. The summed E-state index contributed by atoms with van der Waals surface area (Å²) < 4.78 is 0. The fraction of sp³-hybridized carbons (Fsp3) is 0.444. The highest BCUT2D eigenvalue weighted by Crippen LogP contribution is 2.00. The molecule has 0 heterocycles. The number of carboxylic acids is 1. The van der Waals surface area contributed by atoms with Crippen molar-refractivity contribution in [2.75, 3.05) is 6.61 Å². The second-order valence-corrected chi connectivity index (χ2v) is 2.45. The van der Waals surface area contributed by atoms with Crippen LogP contribution in [-0.4, -0.2) is 22.8 Å². The van der Waals surface area contributed by atoms with E-state index in [4.69, 9.17) is 10.2 Å². The maximum atomic E-state index is 10.2. The van der Waals surface area contributed by atoms with Gasteiger partial charge < -0.3 is 10.2 Å². The topological polar surface area (TPSA) is 57.5 Å². The minimum atomic E-state index is -0.957. The van der Waals surface area contributed by atoms with Crippen molar-refractivity contribution >= 4 is 5.97 Å². The summed E-state index contributed by atoms with van der Waals surface area (Å²) in [6, 6.07) is 0. The molecule has 0 fully saturated rings. The van der Waals surface area contributed by atoms with Crippen molar-refractivity contribution in [3.05, 3.63) is 24.3 Å². The van der Waals surface area contributed by atoms with Crippen LogP contribution in [0.5, 0.6) is 0 Å². The first-order valence-electron chi connectivity index (χ1n) is 3.85. The Labute approximate surface area is 72.0 Å². The molecule has 2 N–H and O–H groups in total. The van der Waals surface area contributed by atoms with Crippen LogP contribution < -0.4 is 0 Å². The van der Waals surface area contributed by atoms with Crippen LogP contribution in [0.25, 0.3) is 0 Å². The van der Waals surface area contributed by atoms with Crippen molar-refractivity contribution in [3.8, 4) is 0 Å². The molecule has 0 aromatic carbocycles. The number of carbonyl (C=O) groups is 1. The van der Waals surface area contributed by atoms with Gasteiger partial charge in [0.1, 0.15) is 0 Å². The molecule has 0 amide bonds. The lowest BCUT2D eigenvalue weighted by molar-refractivity contribution is -0.132. The first-order valence-corrected chi connectivity index (χ1v) is 3.85. The van der Waals surface area contributed by atoms with Gasteiger partial charge in [0, 0.05) is 12.2 Å². The van der Waals surface area contributed by atoms with Crippen molar-refractivity contribution in [2.45, 2.75) is 19.3 Å². The summed E-state index contributed by atoms with van der Waals surface area (Å²) in [5, 5.41) is 16.8. The van der Waals surface area contributed by atoms with E-state index in [2.05, 4.69) is 6.58 Å². The Morgan fingerprint density at radius 1 is 1.42 bits per heavy atom. The van der Waals surface area contributed by atoms with Gasteiger partial charge in [-0.3, -0.25) is 0 Å². The van der Waals surface area contributed by atoms with Crippen molar-refractivity contribution in [1.29, 1.82) is 0 Å². The van der Waals surface area contributed by atoms with E-state index in [9.17, 15) is 4.79 Å². The van der Waals surface area contributed by atoms with Gasteiger partial charge in [-0.15, -0.1) is 0 Å². The third-order valence-electron chi connectivity index (χ3n) is 1.36. The number of hydrogen-bond acceptors (Lipinski definition) is 2. The van der Waals surface area contributed by atoms with E-state index in [1.54, 1.807) is 6.08 Å². The molecule has 0 aliphatic rings. The number of aliphatic carboxylic acids is 1. The predicted molar refractivity (Wildman–Crippen MR) is 46.9 cm³/mol. The maximum Gasteiger partial charge on any atom is 0.331 e. The summed E-state index contributed by atoms with van der Waals surface area (Å²) in [7, 11) is 0. The van der Waals surface area contributed by atoms with Crippen LogP contribution in [0.3, 0.4) is 0 Å². The summed E-state index contributed by atoms with van der Waals surface area (Å²) in [6.45, 7) is 3.54. The normalized spacial score (nSPS) is 10.4. The number of rotatable bonds is 6. The molecule has 0 saturated carbocycles. The van der Waals surface area contributed by atoms with Crippen molar-refractivity contribution in [2.24, 2.45) is 0 Å². The van der Waals surface area contributed by atoms with Crippen LogP contribution in [0.1, 0.15) is 19.3 Å². The fourth-order valence-corrected chi connectivity index (χ4v) is 0.640. The van der Waals surface area contributed by atoms with E-state index in [0.717, 1.165) is 12.8 Å². The van der Waals surface area contributed by atoms with Crippen LogP contribution in [0.15, 0.2) is 24.3 Å². The summed E-state index contributed by atoms with van der Waals surface area (Å²) in [5.74, 6) is -0.957. The Morgan fingerprint density at radius 2 is 2.08 bits per heavy atom. The smallest absolute Gasteiger partial charge is 0.331 e. The van der Waals surface area contributed by atoms with E-state index in [1.807, 2.05) is 6.08 Å². The minimum Gasteiger partial charge on any atom is -0.478 e. The van der Waals surface area contributed by atoms with Gasteiger partial charge in [-0.05, 0) is 19.3 Å². The van der Waals surface area contributed by atoms with Crippen LogP contribution in [0, 0.1) is 0 Å². The van der Waals surface area contributed by atoms with Gasteiger partial charge in [0.2, 0.25) is 0 Å². The second kappa shape index (κ2) is 6.61. The fourth-order valence-electron chi connectivity index (χ4n) is 0.640. The Balaban J connectivity index is 3.47. The Bertz CT molecular complexity index is 182. The van der Waals surface area contributed by atoms with Gasteiger partial charge in [0.15, 0.2) is 0 Å². The summed E-state index contributed by atoms with van der Waals surface area (Å²) in [4.78, 5) is 10.2. The van der Waals surface area contributed by atoms with E-state index in [1.165, 1.54) is 0 Å². The Kier molecular flexibility index (Phi) is 6.01. The van der Waals surface area contributed by atoms with Crippen molar-refractivity contribution in [1.82, 2.24) is 0 Å². The molecule has 0 aliphatic heterocycles. The average molecular weight is 170 g/mol. The Morgan fingerprint density at radius 3 is 2.58 bits per heavy atom. The van der Waals surface area contributed by atoms with Crippen LogP contribution >= 0.6 is 0 Å². The van der Waals surface area contributed by atoms with E-state index >= 15 is 0 Å². The molecule has 0 aromatic heterocycles. The van der Waals surface area contributed by atoms with E-state index in [0.29, 0.717) is 6.42 Å². The molecule has 0 spiro atoms. The highest BCUT2D eigenvalue weighted by molar-refractivity contribution is 5.85. The van der Waals surface area contributed by atoms with Gasteiger partial charge in [0.25, 0.3) is 0 Å². The third kappa shape index (κ3) is 5.68.